The fourth-order valence-electron chi connectivity index (χ4n) is 2.18. The highest BCUT2D eigenvalue weighted by molar-refractivity contribution is 5.94. The molecule has 0 aliphatic carbocycles. The number of rotatable bonds is 7. The first-order chi connectivity index (χ1) is 10.7. The van der Waals surface area contributed by atoms with Crippen LogP contribution in [0.4, 0.5) is 4.39 Å². The highest BCUT2D eigenvalue weighted by Gasteiger charge is 2.09. The van der Waals surface area contributed by atoms with Crippen molar-refractivity contribution in [1.82, 2.24) is 5.32 Å². The summed E-state index contributed by atoms with van der Waals surface area (Å²) < 4.78 is 17.2. The van der Waals surface area contributed by atoms with E-state index < -0.39 is 6.67 Å². The van der Waals surface area contributed by atoms with Crippen LogP contribution >= 0.6 is 0 Å². The molecule has 2 rings (SSSR count). The van der Waals surface area contributed by atoms with Gasteiger partial charge in [-0.2, -0.15) is 0 Å². The molecule has 0 spiro atoms. The summed E-state index contributed by atoms with van der Waals surface area (Å²) in [5.41, 5.74) is 1.75. The van der Waals surface area contributed by atoms with Gasteiger partial charge in [-0.1, -0.05) is 30.3 Å². The molecule has 0 saturated carbocycles. The molecule has 1 unspecified atom stereocenters. The second-order valence-electron chi connectivity index (χ2n) is 5.13. The fraction of sp³-hybridized carbons (Fsp3) is 0.278. The zero-order valence-corrected chi connectivity index (χ0v) is 12.6. The molecular formula is C18H20FNO2. The summed E-state index contributed by atoms with van der Waals surface area (Å²) in [6.07, 6.45) is 0.724. The lowest BCUT2D eigenvalue weighted by atomic mass is 10.1. The molecule has 1 atom stereocenters. The molecule has 0 radical (unpaired) electrons. The van der Waals surface area contributed by atoms with Gasteiger partial charge in [-0.3, -0.25) is 4.79 Å². The van der Waals surface area contributed by atoms with E-state index in [4.69, 9.17) is 4.74 Å². The largest absolute Gasteiger partial charge is 0.491 e. The number of hydrogen-bond acceptors (Lipinski definition) is 2. The van der Waals surface area contributed by atoms with Crippen molar-refractivity contribution in [3.8, 4) is 5.75 Å². The molecule has 1 amide bonds. The summed E-state index contributed by atoms with van der Waals surface area (Å²) in [4.78, 5) is 12.1. The molecular weight excluding hydrogens is 281 g/mol. The van der Waals surface area contributed by atoms with Crippen molar-refractivity contribution in [1.29, 1.82) is 0 Å². The second kappa shape index (κ2) is 8.17. The van der Waals surface area contributed by atoms with Gasteiger partial charge in [0.15, 0.2) is 0 Å². The maximum atomic E-state index is 12.1. The Kier molecular flexibility index (Phi) is 5.95. The van der Waals surface area contributed by atoms with Crippen molar-refractivity contribution in [2.24, 2.45) is 0 Å². The first-order valence-electron chi connectivity index (χ1n) is 7.32. The van der Waals surface area contributed by atoms with Crippen LogP contribution in [0.2, 0.25) is 0 Å². The number of hydrogen-bond donors (Lipinski definition) is 1. The molecule has 22 heavy (non-hydrogen) atoms. The van der Waals surface area contributed by atoms with Crippen LogP contribution in [0.1, 0.15) is 22.8 Å². The van der Waals surface area contributed by atoms with E-state index in [0.717, 1.165) is 12.0 Å². The highest BCUT2D eigenvalue weighted by Crippen LogP contribution is 2.13. The van der Waals surface area contributed by atoms with Gasteiger partial charge >= 0.3 is 0 Å². The van der Waals surface area contributed by atoms with Crippen LogP contribution in [0.25, 0.3) is 0 Å². The van der Waals surface area contributed by atoms with Gasteiger partial charge in [-0.05, 0) is 43.2 Å². The summed E-state index contributed by atoms with van der Waals surface area (Å²) in [5.74, 6) is 0.582. The number of ether oxygens (including phenoxy) is 1. The van der Waals surface area contributed by atoms with Crippen LogP contribution in [0.5, 0.6) is 5.75 Å². The van der Waals surface area contributed by atoms with Crippen LogP contribution in [0.15, 0.2) is 54.6 Å². The molecule has 0 aliphatic rings. The van der Waals surface area contributed by atoms with Crippen LogP contribution < -0.4 is 10.1 Å². The summed E-state index contributed by atoms with van der Waals surface area (Å²) >= 11 is 0. The van der Waals surface area contributed by atoms with E-state index >= 15 is 0 Å². The second-order valence-corrected chi connectivity index (χ2v) is 5.13. The van der Waals surface area contributed by atoms with Gasteiger partial charge in [0.1, 0.15) is 19.0 Å². The number of amides is 1. The van der Waals surface area contributed by atoms with Gasteiger partial charge in [0.25, 0.3) is 5.91 Å². The van der Waals surface area contributed by atoms with E-state index in [1.165, 1.54) is 0 Å². The molecule has 2 aromatic carbocycles. The SMILES string of the molecule is CC(Cc1ccc(OCCF)cc1)NC(=O)c1ccccc1. The van der Waals surface area contributed by atoms with Crippen molar-refractivity contribution in [3.63, 3.8) is 0 Å². The Morgan fingerprint density at radius 2 is 1.82 bits per heavy atom. The number of alkyl halides is 1. The van der Waals surface area contributed by atoms with Crippen LogP contribution in [-0.2, 0) is 6.42 Å². The quantitative estimate of drug-likeness (QED) is 0.851. The number of carbonyl (C=O) groups excluding carboxylic acids is 1. The van der Waals surface area contributed by atoms with Crippen molar-refractivity contribution >= 4 is 5.91 Å². The van der Waals surface area contributed by atoms with Crippen LogP contribution in [0.3, 0.4) is 0 Å². The zero-order chi connectivity index (χ0) is 15.8. The van der Waals surface area contributed by atoms with Gasteiger partial charge in [0, 0.05) is 11.6 Å². The topological polar surface area (TPSA) is 38.3 Å². The molecule has 0 fully saturated rings. The Balaban J connectivity index is 1.86. The van der Waals surface area contributed by atoms with Crippen LogP contribution in [-0.4, -0.2) is 25.2 Å². The summed E-state index contributed by atoms with van der Waals surface area (Å²) in [7, 11) is 0. The zero-order valence-electron chi connectivity index (χ0n) is 12.6. The number of nitrogens with one attached hydrogen (secondary N) is 1. The molecule has 0 aliphatic heterocycles. The van der Waals surface area contributed by atoms with E-state index in [1.54, 1.807) is 12.1 Å². The van der Waals surface area contributed by atoms with Crippen LogP contribution in [0, 0.1) is 0 Å². The molecule has 2 aromatic rings. The summed E-state index contributed by atoms with van der Waals surface area (Å²) in [5, 5.41) is 2.97. The lowest BCUT2D eigenvalue weighted by Crippen LogP contribution is -2.34. The molecule has 0 saturated heterocycles. The Labute approximate surface area is 130 Å². The predicted molar refractivity (Wildman–Crippen MR) is 85.0 cm³/mol. The molecule has 3 nitrogen and oxygen atoms in total. The van der Waals surface area contributed by atoms with Crippen molar-refractivity contribution in [3.05, 3.63) is 65.7 Å². The fourth-order valence-corrected chi connectivity index (χ4v) is 2.18. The summed E-state index contributed by atoms with van der Waals surface area (Å²) in [6, 6.07) is 16.7. The predicted octanol–water partition coefficient (Wildman–Crippen LogP) is 3.40. The average molecular weight is 301 g/mol. The van der Waals surface area contributed by atoms with Gasteiger partial charge in [0.2, 0.25) is 0 Å². The molecule has 0 heterocycles. The maximum absolute atomic E-state index is 12.1. The molecule has 0 bridgehead atoms. The van der Waals surface area contributed by atoms with E-state index in [0.29, 0.717) is 11.3 Å². The van der Waals surface area contributed by atoms with Crippen molar-refractivity contribution in [2.75, 3.05) is 13.3 Å². The molecule has 4 heteroatoms. The number of carbonyl (C=O) groups is 1. The third kappa shape index (κ3) is 4.88. The van der Waals surface area contributed by atoms with E-state index in [9.17, 15) is 9.18 Å². The van der Waals surface area contributed by atoms with E-state index in [-0.39, 0.29) is 18.6 Å². The molecule has 116 valence electrons. The number of benzene rings is 2. The van der Waals surface area contributed by atoms with Gasteiger partial charge in [-0.25, -0.2) is 4.39 Å². The average Bonchev–Trinajstić information content (AvgIpc) is 2.55. The first-order valence-corrected chi connectivity index (χ1v) is 7.32. The van der Waals surface area contributed by atoms with E-state index in [2.05, 4.69) is 5.32 Å². The van der Waals surface area contributed by atoms with Gasteiger partial charge < -0.3 is 10.1 Å². The summed E-state index contributed by atoms with van der Waals surface area (Å²) in [6.45, 7) is 1.54. The lowest BCUT2D eigenvalue weighted by Gasteiger charge is -2.14. The lowest BCUT2D eigenvalue weighted by molar-refractivity contribution is 0.0940. The van der Waals surface area contributed by atoms with Crippen molar-refractivity contribution in [2.45, 2.75) is 19.4 Å². The Morgan fingerprint density at radius 1 is 1.14 bits per heavy atom. The Bertz CT molecular complexity index is 584. The molecule has 0 aromatic heterocycles. The third-order valence-corrected chi connectivity index (χ3v) is 3.22. The monoisotopic (exact) mass is 301 g/mol. The maximum Gasteiger partial charge on any atom is 0.251 e. The van der Waals surface area contributed by atoms with Crippen molar-refractivity contribution < 1.29 is 13.9 Å². The van der Waals surface area contributed by atoms with Gasteiger partial charge in [0.05, 0.1) is 0 Å². The van der Waals surface area contributed by atoms with E-state index in [1.807, 2.05) is 49.4 Å². The highest BCUT2D eigenvalue weighted by atomic mass is 19.1. The Morgan fingerprint density at radius 3 is 2.45 bits per heavy atom. The van der Waals surface area contributed by atoms with Gasteiger partial charge in [-0.15, -0.1) is 0 Å². The first kappa shape index (κ1) is 16.0. The minimum absolute atomic E-state index is 0.0188. The standard InChI is InChI=1S/C18H20FNO2/c1-14(20-18(21)16-5-3-2-4-6-16)13-15-7-9-17(10-8-15)22-12-11-19/h2-10,14H,11-13H2,1H3,(H,20,21). The third-order valence-electron chi connectivity index (χ3n) is 3.22. The number of halogens is 1. The minimum atomic E-state index is -0.496. The Hall–Kier alpha value is -2.36. The molecule has 1 N–H and O–H groups in total. The minimum Gasteiger partial charge on any atom is -0.491 e. The smallest absolute Gasteiger partial charge is 0.251 e. The normalized spacial score (nSPS) is 11.7.